The van der Waals surface area contributed by atoms with E-state index in [2.05, 4.69) is 0 Å². The number of hydrogen-bond acceptors (Lipinski definition) is 11. The zero-order chi connectivity index (χ0) is 31.6. The first kappa shape index (κ1) is 37.7. The van der Waals surface area contributed by atoms with Gasteiger partial charge in [-0.3, -0.25) is 17.3 Å². The van der Waals surface area contributed by atoms with Crippen molar-refractivity contribution in [2.45, 2.75) is 5.60 Å². The van der Waals surface area contributed by atoms with E-state index >= 15 is 0 Å². The average Bonchev–Trinajstić information content (AvgIpc) is 2.91. The van der Waals surface area contributed by atoms with Gasteiger partial charge in [-0.05, 0) is 53.1 Å². The molecular weight excluding hydrogens is 559 g/mol. The number of methoxy groups -OCH3 is 3. The van der Waals surface area contributed by atoms with Gasteiger partial charge in [-0.2, -0.15) is 0 Å². The molecule has 3 rings (SSSR count). The molecule has 3 aromatic rings. The van der Waals surface area contributed by atoms with Crippen LogP contribution >= 0.6 is 0 Å². The Morgan fingerprint density at radius 2 is 0.659 bits per heavy atom. The maximum Gasteiger partial charge on any atom is 0.678 e. The van der Waals surface area contributed by atoms with Gasteiger partial charge in [0.1, 0.15) is 22.8 Å². The second kappa shape index (κ2) is 19.7. The Hall–Kier alpha value is -3.28. The van der Waals surface area contributed by atoms with Crippen LogP contribution in [0.25, 0.3) is 0 Å². The molecule has 11 nitrogen and oxygen atoms in total. The Morgan fingerprint density at radius 3 is 0.805 bits per heavy atom. The molecule has 0 amide bonds. The van der Waals surface area contributed by atoms with Crippen LogP contribution < -0.4 is 14.2 Å². The van der Waals surface area contributed by atoms with Gasteiger partial charge in [0.25, 0.3) is 0 Å². The molecule has 0 aliphatic carbocycles. The minimum atomic E-state index is -2.67. The molecule has 0 aliphatic heterocycles. The summed E-state index contributed by atoms with van der Waals surface area (Å²) < 4.78 is 65.6. The van der Waals surface area contributed by atoms with Gasteiger partial charge in [0, 0.05) is 0 Å². The zero-order valence-corrected chi connectivity index (χ0v) is 22.0. The first-order chi connectivity index (χ1) is 19.2. The van der Waals surface area contributed by atoms with Crippen molar-refractivity contribution in [1.29, 1.82) is 0 Å². The fourth-order valence-corrected chi connectivity index (χ4v) is 3.33. The number of halogens is 4. The Kier molecular flexibility index (Phi) is 18.2. The smallest absolute Gasteiger partial charge is 0.497 e. The van der Waals surface area contributed by atoms with E-state index in [-0.39, 0.29) is 0 Å². The van der Waals surface area contributed by atoms with Crippen LogP contribution in [0, 0.1) is 0 Å². The van der Waals surface area contributed by atoms with Crippen molar-refractivity contribution in [2.75, 3.05) is 21.3 Å². The molecule has 0 aliphatic rings. The molecule has 19 heteroatoms. The summed E-state index contributed by atoms with van der Waals surface area (Å²) in [6.07, 6.45) is 0. The van der Waals surface area contributed by atoms with Gasteiger partial charge in [-0.1, -0.05) is 36.4 Å². The minimum Gasteiger partial charge on any atom is -0.497 e. The van der Waals surface area contributed by atoms with Gasteiger partial charge in [0.15, 0.2) is 0 Å². The van der Waals surface area contributed by atoms with Crippen molar-refractivity contribution in [3.8, 4) is 17.2 Å². The highest BCUT2D eigenvalue weighted by Crippen LogP contribution is 2.42. The average molecular weight is 588 g/mol. The molecule has 0 saturated carbocycles. The summed E-state index contributed by atoms with van der Waals surface area (Å²) in [6.45, 7) is 0. The van der Waals surface area contributed by atoms with Gasteiger partial charge >= 0.3 is 29.6 Å². The summed E-state index contributed by atoms with van der Waals surface area (Å²) in [5.74, 6) is 1.94. The summed E-state index contributed by atoms with van der Waals surface area (Å²) in [5, 5.41) is 51.3. The summed E-state index contributed by atoms with van der Waals surface area (Å²) in [7, 11) is -5.81. The van der Waals surface area contributed by atoms with Crippen molar-refractivity contribution in [3.05, 3.63) is 89.5 Å². The Morgan fingerprint density at radius 1 is 0.463 bits per heavy atom. The first-order valence-electron chi connectivity index (χ1n) is 11.2. The molecule has 0 radical (unpaired) electrons. The van der Waals surface area contributed by atoms with Crippen molar-refractivity contribution in [2.24, 2.45) is 0 Å². The lowest BCUT2D eigenvalue weighted by Crippen LogP contribution is -2.37. The lowest BCUT2D eigenvalue weighted by Gasteiger charge is -2.36. The van der Waals surface area contributed by atoms with E-state index in [1.54, 1.807) is 94.1 Å². The van der Waals surface area contributed by atoms with Gasteiger partial charge in [0.05, 0.1) is 21.3 Å². The first-order valence-corrected chi connectivity index (χ1v) is 11.2. The fraction of sp³-hybridized carbons (Fsp3) is 0.182. The molecule has 41 heavy (non-hydrogen) atoms. The van der Waals surface area contributed by atoms with E-state index in [1.165, 1.54) is 0 Å². The molecule has 0 saturated heterocycles. The molecule has 0 spiro atoms. The Balaban J connectivity index is 0.00000113. The largest absolute Gasteiger partial charge is 0.678 e. The third-order valence-corrected chi connectivity index (χ3v) is 4.76. The molecular formula is C22H28B4F4O11. The van der Waals surface area contributed by atoms with Crippen molar-refractivity contribution < 1.29 is 71.3 Å². The molecule has 0 fully saturated rings. The molecule has 0 aromatic heterocycles. The van der Waals surface area contributed by atoms with Crippen molar-refractivity contribution in [1.82, 2.24) is 0 Å². The van der Waals surface area contributed by atoms with Crippen LogP contribution in [0.4, 0.5) is 17.3 Å². The van der Waals surface area contributed by atoms with Gasteiger partial charge in [-0.25, -0.2) is 0 Å². The fourth-order valence-electron chi connectivity index (χ4n) is 3.33. The van der Waals surface area contributed by atoms with E-state index in [9.17, 15) is 22.3 Å². The monoisotopic (exact) mass is 588 g/mol. The molecule has 7 N–H and O–H groups in total. The topological polar surface area (TPSA) is 179 Å². The lowest BCUT2D eigenvalue weighted by molar-refractivity contribution is 0.1000. The summed E-state index contributed by atoms with van der Waals surface area (Å²) in [5.41, 5.74) is 0.430. The summed E-state index contributed by atoms with van der Waals surface area (Å²) in [4.78, 5) is 0. The van der Waals surface area contributed by atoms with Crippen molar-refractivity contribution >= 4 is 29.6 Å². The third-order valence-electron chi connectivity index (χ3n) is 4.76. The van der Waals surface area contributed by atoms with E-state index in [1.807, 2.05) is 0 Å². The Labute approximate surface area is 234 Å². The maximum atomic E-state index is 13.9. The third kappa shape index (κ3) is 14.3. The lowest BCUT2D eigenvalue weighted by atomic mass is 9.79. The molecule has 3 aromatic carbocycles. The van der Waals surface area contributed by atoms with Crippen LogP contribution in [0.15, 0.2) is 72.8 Å². The summed E-state index contributed by atoms with van der Waals surface area (Å²) >= 11 is 0. The Bertz CT molecular complexity index is 944. The van der Waals surface area contributed by atoms with E-state index in [4.69, 9.17) is 49.0 Å². The predicted octanol–water partition coefficient (Wildman–Crippen LogP) is 0.744. The van der Waals surface area contributed by atoms with Crippen LogP contribution in [0.5, 0.6) is 17.2 Å². The second-order valence-electron chi connectivity index (χ2n) is 7.21. The minimum absolute atomic E-state index is 0.616. The second-order valence-corrected chi connectivity index (χ2v) is 7.21. The normalized spacial score (nSPS) is 9.80. The van der Waals surface area contributed by atoms with Gasteiger partial charge in [-0.15, -0.1) is 0 Å². The van der Waals surface area contributed by atoms with Crippen LogP contribution in [-0.2, 0) is 10.3 Å². The van der Waals surface area contributed by atoms with Crippen LogP contribution in [-0.4, -0.2) is 86.1 Å². The molecule has 0 unspecified atom stereocenters. The van der Waals surface area contributed by atoms with Crippen LogP contribution in [0.1, 0.15) is 16.7 Å². The molecule has 0 bridgehead atoms. The molecule has 222 valence electrons. The number of ether oxygens (including phenoxy) is 3. The van der Waals surface area contributed by atoms with E-state index in [0.29, 0.717) is 33.9 Å². The SMILES string of the molecule is COc1ccc(C(OB(O)F)(c2ccc(OC)cc2)c2ccc(OC)cc2)cc1.OB(O)F.OB(O)F.OB(O)F. The quantitative estimate of drug-likeness (QED) is 0.112. The van der Waals surface area contributed by atoms with Crippen LogP contribution in [0.3, 0.4) is 0 Å². The van der Waals surface area contributed by atoms with Crippen LogP contribution in [0.2, 0.25) is 0 Å². The standard InChI is InChI=1S/C22H22BFO5.3BFH2O2/c1-26-19-10-4-16(5-11-19)22(29-23(24)25,17-6-12-20(27-2)13-7-17)18-8-14-21(28-3)15-9-18;3*2-1(3)4/h4-15,25H,1-3H3;3*3-4H. The van der Waals surface area contributed by atoms with Crippen molar-refractivity contribution in [3.63, 3.8) is 0 Å². The van der Waals surface area contributed by atoms with E-state index < -0.39 is 35.2 Å². The summed E-state index contributed by atoms with van der Waals surface area (Å²) in [6, 6.07) is 21.2. The predicted molar refractivity (Wildman–Crippen MR) is 143 cm³/mol. The highest BCUT2D eigenvalue weighted by molar-refractivity contribution is 6.34. The number of hydrogen-bond donors (Lipinski definition) is 7. The number of benzene rings is 3. The number of rotatable bonds is 8. The van der Waals surface area contributed by atoms with Gasteiger partial charge < -0.3 is 54.0 Å². The zero-order valence-electron chi connectivity index (χ0n) is 22.0. The molecule has 0 heterocycles. The van der Waals surface area contributed by atoms with Gasteiger partial charge in [0.2, 0.25) is 0 Å². The highest BCUT2D eigenvalue weighted by atomic mass is 19.1. The maximum absolute atomic E-state index is 13.9. The van der Waals surface area contributed by atoms with E-state index in [0.717, 1.165) is 0 Å². The highest BCUT2D eigenvalue weighted by Gasteiger charge is 2.41. The molecule has 0 atom stereocenters.